The maximum absolute atomic E-state index is 6.12. The lowest BCUT2D eigenvalue weighted by atomic mass is 10.0. The molecule has 4 aromatic rings. The van der Waals surface area contributed by atoms with Gasteiger partial charge in [-0.1, -0.05) is 78.9 Å². The minimum absolute atomic E-state index is 0.430. The van der Waals surface area contributed by atoms with E-state index >= 15 is 0 Å². The molecule has 0 fully saturated rings. The van der Waals surface area contributed by atoms with Gasteiger partial charge in [0.2, 0.25) is 11.8 Å². The minimum atomic E-state index is 0.430. The van der Waals surface area contributed by atoms with Crippen LogP contribution >= 0.6 is 0 Å². The van der Waals surface area contributed by atoms with Crippen molar-refractivity contribution in [1.82, 2.24) is 4.98 Å². The summed E-state index contributed by atoms with van der Waals surface area (Å²) in [6.45, 7) is 1.37. The van der Waals surface area contributed by atoms with Crippen LogP contribution < -0.4 is 15.2 Å². The summed E-state index contributed by atoms with van der Waals surface area (Å²) < 4.78 is 12.0. The summed E-state index contributed by atoms with van der Waals surface area (Å²) in [5.74, 6) is 1.07. The van der Waals surface area contributed by atoms with Gasteiger partial charge < -0.3 is 15.2 Å². The second kappa shape index (κ2) is 9.72. The van der Waals surface area contributed by atoms with Crippen LogP contribution in [0.1, 0.15) is 16.7 Å². The first-order valence-electron chi connectivity index (χ1n) is 9.96. The summed E-state index contributed by atoms with van der Waals surface area (Å²) in [5.41, 5.74) is 11.0. The first kappa shape index (κ1) is 19.7. The third-order valence-corrected chi connectivity index (χ3v) is 4.76. The largest absolute Gasteiger partial charge is 0.473 e. The standard InChI is InChI=1S/C26H24N2O2/c27-17-22-12-7-13-23(16-22)24-14-15-25(29-18-20-8-3-1-4-9-20)28-26(24)30-19-21-10-5-2-6-11-21/h1-16H,17-19,27H2. The van der Waals surface area contributed by atoms with E-state index < -0.39 is 0 Å². The maximum atomic E-state index is 6.12. The molecule has 1 aromatic heterocycles. The number of aromatic nitrogens is 1. The van der Waals surface area contributed by atoms with Crippen molar-refractivity contribution in [2.24, 2.45) is 5.73 Å². The van der Waals surface area contributed by atoms with E-state index in [2.05, 4.69) is 11.1 Å². The van der Waals surface area contributed by atoms with Gasteiger partial charge >= 0.3 is 0 Å². The number of rotatable bonds is 8. The number of nitrogens with two attached hydrogens (primary N) is 1. The van der Waals surface area contributed by atoms with E-state index in [1.165, 1.54) is 0 Å². The molecule has 0 aliphatic rings. The molecule has 0 atom stereocenters. The number of pyridine rings is 1. The van der Waals surface area contributed by atoms with Crippen molar-refractivity contribution in [3.05, 3.63) is 114 Å². The van der Waals surface area contributed by atoms with Crippen LogP contribution in [0.5, 0.6) is 11.8 Å². The van der Waals surface area contributed by atoms with Crippen LogP contribution in [0.4, 0.5) is 0 Å². The third kappa shape index (κ3) is 5.04. The molecule has 0 aliphatic carbocycles. The third-order valence-electron chi connectivity index (χ3n) is 4.76. The van der Waals surface area contributed by atoms with Gasteiger partial charge in [0.25, 0.3) is 0 Å². The van der Waals surface area contributed by atoms with Gasteiger partial charge in [0.15, 0.2) is 0 Å². The maximum Gasteiger partial charge on any atom is 0.225 e. The Hall–Kier alpha value is -3.63. The number of ether oxygens (including phenoxy) is 2. The molecule has 3 aromatic carbocycles. The predicted molar refractivity (Wildman–Crippen MR) is 119 cm³/mol. The van der Waals surface area contributed by atoms with E-state index in [0.717, 1.165) is 27.8 Å². The fourth-order valence-corrected chi connectivity index (χ4v) is 3.16. The Balaban J connectivity index is 1.60. The predicted octanol–water partition coefficient (Wildman–Crippen LogP) is 5.37. The van der Waals surface area contributed by atoms with E-state index in [0.29, 0.717) is 31.5 Å². The Morgan fingerprint density at radius 2 is 1.27 bits per heavy atom. The van der Waals surface area contributed by atoms with Gasteiger partial charge in [0.1, 0.15) is 13.2 Å². The van der Waals surface area contributed by atoms with Crippen molar-refractivity contribution < 1.29 is 9.47 Å². The van der Waals surface area contributed by atoms with Crippen LogP contribution in [0.2, 0.25) is 0 Å². The lowest BCUT2D eigenvalue weighted by Gasteiger charge is -2.14. The first-order valence-corrected chi connectivity index (χ1v) is 9.96. The highest BCUT2D eigenvalue weighted by atomic mass is 16.5. The molecule has 4 nitrogen and oxygen atoms in total. The fourth-order valence-electron chi connectivity index (χ4n) is 3.16. The average molecular weight is 396 g/mol. The molecule has 0 saturated heterocycles. The Morgan fingerprint density at radius 1 is 0.633 bits per heavy atom. The lowest BCUT2D eigenvalue weighted by Crippen LogP contribution is -2.03. The molecule has 0 spiro atoms. The normalized spacial score (nSPS) is 10.6. The molecule has 0 radical (unpaired) electrons. The summed E-state index contributed by atoms with van der Waals surface area (Å²) in [4.78, 5) is 4.66. The van der Waals surface area contributed by atoms with Crippen molar-refractivity contribution in [2.75, 3.05) is 0 Å². The molecule has 2 N–H and O–H groups in total. The van der Waals surface area contributed by atoms with Crippen molar-refractivity contribution in [3.63, 3.8) is 0 Å². The van der Waals surface area contributed by atoms with Gasteiger partial charge in [-0.05, 0) is 34.4 Å². The molecule has 4 rings (SSSR count). The Morgan fingerprint density at radius 3 is 1.93 bits per heavy atom. The minimum Gasteiger partial charge on any atom is -0.473 e. The van der Waals surface area contributed by atoms with E-state index in [9.17, 15) is 0 Å². The van der Waals surface area contributed by atoms with Gasteiger partial charge in [-0.2, -0.15) is 4.98 Å². The summed E-state index contributed by atoms with van der Waals surface area (Å²) in [6, 6.07) is 32.1. The lowest BCUT2D eigenvalue weighted by molar-refractivity contribution is 0.268. The van der Waals surface area contributed by atoms with Crippen LogP contribution in [0.25, 0.3) is 11.1 Å². The molecule has 0 unspecified atom stereocenters. The number of hydrogen-bond acceptors (Lipinski definition) is 4. The highest BCUT2D eigenvalue weighted by Gasteiger charge is 2.12. The summed E-state index contributed by atoms with van der Waals surface area (Å²) in [5, 5.41) is 0. The molecule has 150 valence electrons. The molecule has 0 aliphatic heterocycles. The molecule has 0 bridgehead atoms. The van der Waals surface area contributed by atoms with Crippen LogP contribution in [0.15, 0.2) is 97.1 Å². The quantitative estimate of drug-likeness (QED) is 0.435. The molecule has 30 heavy (non-hydrogen) atoms. The zero-order valence-corrected chi connectivity index (χ0v) is 16.7. The van der Waals surface area contributed by atoms with E-state index in [1.807, 2.05) is 91.0 Å². The highest BCUT2D eigenvalue weighted by molar-refractivity contribution is 5.69. The average Bonchev–Trinajstić information content (AvgIpc) is 2.83. The van der Waals surface area contributed by atoms with Crippen LogP contribution in [-0.2, 0) is 19.8 Å². The summed E-state index contributed by atoms with van der Waals surface area (Å²) in [6.07, 6.45) is 0. The Labute approximate surface area is 176 Å². The first-order chi connectivity index (χ1) is 14.8. The van der Waals surface area contributed by atoms with Gasteiger partial charge in [0, 0.05) is 18.2 Å². The van der Waals surface area contributed by atoms with Crippen molar-refractivity contribution in [1.29, 1.82) is 0 Å². The van der Waals surface area contributed by atoms with Gasteiger partial charge in [-0.15, -0.1) is 0 Å². The number of hydrogen-bond donors (Lipinski definition) is 1. The van der Waals surface area contributed by atoms with Crippen LogP contribution in [-0.4, -0.2) is 4.98 Å². The van der Waals surface area contributed by atoms with Gasteiger partial charge in [-0.3, -0.25) is 0 Å². The topological polar surface area (TPSA) is 57.4 Å². The van der Waals surface area contributed by atoms with E-state index in [-0.39, 0.29) is 0 Å². The Bertz CT molecular complexity index is 1080. The zero-order chi connectivity index (χ0) is 20.6. The van der Waals surface area contributed by atoms with E-state index in [1.54, 1.807) is 0 Å². The SMILES string of the molecule is NCc1cccc(-c2ccc(OCc3ccccc3)nc2OCc2ccccc2)c1. The molecule has 0 amide bonds. The zero-order valence-electron chi connectivity index (χ0n) is 16.7. The van der Waals surface area contributed by atoms with Crippen molar-refractivity contribution in [2.45, 2.75) is 19.8 Å². The molecule has 0 saturated carbocycles. The van der Waals surface area contributed by atoms with Crippen molar-refractivity contribution in [3.8, 4) is 22.9 Å². The van der Waals surface area contributed by atoms with Crippen LogP contribution in [0, 0.1) is 0 Å². The van der Waals surface area contributed by atoms with Gasteiger partial charge in [-0.25, -0.2) is 0 Å². The summed E-state index contributed by atoms with van der Waals surface area (Å²) >= 11 is 0. The summed E-state index contributed by atoms with van der Waals surface area (Å²) in [7, 11) is 0. The second-order valence-electron chi connectivity index (χ2n) is 6.96. The molecular weight excluding hydrogens is 372 g/mol. The Kier molecular flexibility index (Phi) is 6.38. The smallest absolute Gasteiger partial charge is 0.225 e. The molecule has 4 heteroatoms. The fraction of sp³-hybridized carbons (Fsp3) is 0.115. The molecular formula is C26H24N2O2. The van der Waals surface area contributed by atoms with Crippen molar-refractivity contribution >= 4 is 0 Å². The van der Waals surface area contributed by atoms with E-state index in [4.69, 9.17) is 15.2 Å². The number of nitrogens with zero attached hydrogens (tertiary/aromatic N) is 1. The van der Waals surface area contributed by atoms with Gasteiger partial charge in [0.05, 0.1) is 0 Å². The number of benzene rings is 3. The van der Waals surface area contributed by atoms with Crippen LogP contribution in [0.3, 0.4) is 0 Å². The second-order valence-corrected chi connectivity index (χ2v) is 6.96. The highest BCUT2D eigenvalue weighted by Crippen LogP contribution is 2.32. The monoisotopic (exact) mass is 396 g/mol. The molecule has 1 heterocycles.